The molecule has 1 fully saturated rings. The largest absolute Gasteiger partial charge is 0.344 e. The van der Waals surface area contributed by atoms with Crippen molar-refractivity contribution in [3.63, 3.8) is 0 Å². The highest BCUT2D eigenvalue weighted by Gasteiger charge is 2.37. The van der Waals surface area contributed by atoms with E-state index in [1.807, 2.05) is 0 Å². The van der Waals surface area contributed by atoms with Gasteiger partial charge in [0.1, 0.15) is 5.56 Å². The maximum absolute atomic E-state index is 14.3. The van der Waals surface area contributed by atoms with Crippen LogP contribution in [0.4, 0.5) is 11.5 Å². The lowest BCUT2D eigenvalue weighted by atomic mass is 9.97. The summed E-state index contributed by atoms with van der Waals surface area (Å²) < 4.78 is 33.1. The highest BCUT2D eigenvalue weighted by atomic mass is 32.2. The summed E-state index contributed by atoms with van der Waals surface area (Å²) in [6, 6.07) is 12.5. The average Bonchev–Trinajstić information content (AvgIpc) is 3.69. The van der Waals surface area contributed by atoms with E-state index in [1.54, 1.807) is 62.5 Å². The molecule has 226 valence electrons. The second-order valence-electron chi connectivity index (χ2n) is 10.9. The van der Waals surface area contributed by atoms with Gasteiger partial charge in [-0.2, -0.15) is 13.1 Å². The van der Waals surface area contributed by atoms with Gasteiger partial charge in [0.25, 0.3) is 17.4 Å². The number of nitrogens with one attached hydrogen (secondary N) is 3. The standard InChI is InChI=1S/C31H26N8O5S/c1-4-18-11-14-21-23-22(18)31(42)39(20-9-6-5-7-10-20)26(24(23)30(41)37(21)3)17(2)33-29(40)25-27(34-38-16-8-15-32-28(25)38)36-45(43,44)35-19-12-13-19/h1,5-11,14-17,19,35H,12-13H2,2-3H3,(H,33,40)(H,34,36)/t17-/m0/s1. The zero-order valence-corrected chi connectivity index (χ0v) is 24.9. The van der Waals surface area contributed by atoms with Crippen LogP contribution in [0.15, 0.2) is 65.7 Å². The first-order valence-electron chi connectivity index (χ1n) is 14.1. The van der Waals surface area contributed by atoms with Crippen molar-refractivity contribution in [1.82, 2.24) is 29.2 Å². The number of aromatic nitrogens is 4. The number of carbonyl (C=O) groups excluding carboxylic acids is 2. The average molecular weight is 623 g/mol. The van der Waals surface area contributed by atoms with Gasteiger partial charge in [-0.3, -0.25) is 23.7 Å². The van der Waals surface area contributed by atoms with Crippen LogP contribution in [0.25, 0.3) is 22.1 Å². The van der Waals surface area contributed by atoms with Gasteiger partial charge in [-0.15, -0.1) is 11.5 Å². The van der Waals surface area contributed by atoms with Crippen LogP contribution in [-0.4, -0.2) is 52.5 Å². The van der Waals surface area contributed by atoms with Crippen molar-refractivity contribution in [3.8, 4) is 18.0 Å². The molecule has 14 heteroatoms. The minimum atomic E-state index is -4.05. The summed E-state index contributed by atoms with van der Waals surface area (Å²) in [5.74, 6) is 1.24. The first kappa shape index (κ1) is 28.3. The minimum Gasteiger partial charge on any atom is -0.344 e. The van der Waals surface area contributed by atoms with Crippen LogP contribution in [0.1, 0.15) is 57.8 Å². The lowest BCUT2D eigenvalue weighted by Crippen LogP contribution is -2.36. The molecule has 1 saturated carbocycles. The molecule has 2 amide bonds. The second kappa shape index (κ2) is 10.3. The van der Waals surface area contributed by atoms with E-state index in [1.165, 1.54) is 26.4 Å². The molecule has 2 aromatic carbocycles. The molecular weight excluding hydrogens is 596 g/mol. The molecule has 1 aliphatic heterocycles. The molecule has 0 saturated heterocycles. The first-order valence-corrected chi connectivity index (χ1v) is 15.6. The Labute approximate surface area is 257 Å². The molecular formula is C31H26N8O5S. The van der Waals surface area contributed by atoms with Gasteiger partial charge in [-0.1, -0.05) is 24.1 Å². The van der Waals surface area contributed by atoms with Crippen molar-refractivity contribution in [3.05, 3.63) is 93.7 Å². The smallest absolute Gasteiger partial charge is 0.300 e. The number of hydrogen-bond donors (Lipinski definition) is 3. The Morgan fingerprint density at radius 2 is 1.84 bits per heavy atom. The summed E-state index contributed by atoms with van der Waals surface area (Å²) in [7, 11) is -2.44. The Bertz CT molecular complexity index is 2280. The van der Waals surface area contributed by atoms with Crippen molar-refractivity contribution in [1.29, 1.82) is 0 Å². The highest BCUT2D eigenvalue weighted by molar-refractivity contribution is 7.90. The number of benzene rings is 2. The number of para-hydroxylation sites is 1. The fourth-order valence-electron chi connectivity index (χ4n) is 5.75. The number of carbonyl (C=O) groups is 2. The predicted octanol–water partition coefficient (Wildman–Crippen LogP) is 2.50. The minimum absolute atomic E-state index is 0.103. The predicted molar refractivity (Wildman–Crippen MR) is 168 cm³/mol. The van der Waals surface area contributed by atoms with Crippen LogP contribution in [-0.2, 0) is 10.2 Å². The van der Waals surface area contributed by atoms with Crippen LogP contribution in [0, 0.1) is 12.3 Å². The van der Waals surface area contributed by atoms with Crippen molar-refractivity contribution >= 4 is 49.9 Å². The van der Waals surface area contributed by atoms with E-state index in [9.17, 15) is 22.8 Å². The molecule has 3 aromatic heterocycles. The molecule has 0 radical (unpaired) electrons. The normalized spacial score (nSPS) is 15.0. The van der Waals surface area contributed by atoms with E-state index < -0.39 is 27.7 Å². The van der Waals surface area contributed by atoms with Gasteiger partial charge in [0.15, 0.2) is 11.5 Å². The number of hydrogen-bond acceptors (Lipinski definition) is 7. The number of amides is 2. The van der Waals surface area contributed by atoms with Crippen molar-refractivity contribution in [2.24, 2.45) is 0 Å². The maximum Gasteiger partial charge on any atom is 0.300 e. The van der Waals surface area contributed by atoms with Crippen LogP contribution >= 0.6 is 0 Å². The summed E-state index contributed by atoms with van der Waals surface area (Å²) in [5.41, 5.74) is 1.30. The molecule has 13 nitrogen and oxygen atoms in total. The molecule has 4 heterocycles. The van der Waals surface area contributed by atoms with Gasteiger partial charge < -0.3 is 10.2 Å². The zero-order valence-electron chi connectivity index (χ0n) is 24.1. The van der Waals surface area contributed by atoms with Crippen molar-refractivity contribution < 1.29 is 18.0 Å². The van der Waals surface area contributed by atoms with E-state index in [4.69, 9.17) is 6.42 Å². The summed E-state index contributed by atoms with van der Waals surface area (Å²) in [6.07, 6.45) is 10.2. The lowest BCUT2D eigenvalue weighted by molar-refractivity contribution is 0.0935. The van der Waals surface area contributed by atoms with E-state index in [0.717, 1.165) is 0 Å². The Hall–Kier alpha value is -5.52. The number of anilines is 2. The second-order valence-corrected chi connectivity index (χ2v) is 12.4. The third kappa shape index (κ3) is 4.60. The van der Waals surface area contributed by atoms with Crippen LogP contribution in [0.2, 0.25) is 0 Å². The zero-order chi connectivity index (χ0) is 31.6. The van der Waals surface area contributed by atoms with Crippen LogP contribution in [0.3, 0.4) is 0 Å². The van der Waals surface area contributed by atoms with Crippen LogP contribution in [0.5, 0.6) is 0 Å². The third-order valence-corrected chi connectivity index (χ3v) is 9.01. The Balaban J connectivity index is 1.39. The number of fused-ring (bicyclic) bond motifs is 1. The fraction of sp³-hybridized carbons (Fsp3) is 0.194. The van der Waals surface area contributed by atoms with Gasteiger partial charge in [0, 0.05) is 42.1 Å². The highest BCUT2D eigenvalue weighted by Crippen LogP contribution is 2.40. The summed E-state index contributed by atoms with van der Waals surface area (Å²) in [5, 5.41) is 7.76. The molecule has 1 aliphatic carbocycles. The molecule has 7 rings (SSSR count). The molecule has 3 N–H and O–H groups in total. The van der Waals surface area contributed by atoms with Gasteiger partial charge in [0.05, 0.1) is 28.4 Å². The lowest BCUT2D eigenvalue weighted by Gasteiger charge is -2.23. The number of nitrogens with zero attached hydrogens (tertiary/aromatic N) is 5. The maximum atomic E-state index is 14.3. The molecule has 0 unspecified atom stereocenters. The first-order chi connectivity index (χ1) is 21.6. The molecule has 0 bridgehead atoms. The quantitative estimate of drug-likeness (QED) is 0.224. The van der Waals surface area contributed by atoms with E-state index >= 15 is 0 Å². The van der Waals surface area contributed by atoms with Crippen molar-refractivity contribution in [2.45, 2.75) is 31.8 Å². The Morgan fingerprint density at radius 1 is 1.09 bits per heavy atom. The summed E-state index contributed by atoms with van der Waals surface area (Å²) in [4.78, 5) is 47.9. The fourth-order valence-corrected chi connectivity index (χ4v) is 6.88. The molecule has 1 atom stereocenters. The summed E-state index contributed by atoms with van der Waals surface area (Å²) in [6.45, 7) is 1.64. The number of terminal acetylenes is 1. The molecule has 45 heavy (non-hydrogen) atoms. The van der Waals surface area contributed by atoms with Crippen LogP contribution < -0.4 is 25.2 Å². The number of rotatable bonds is 8. The Kier molecular flexibility index (Phi) is 6.46. The van der Waals surface area contributed by atoms with Gasteiger partial charge in [-0.25, -0.2) is 9.50 Å². The van der Waals surface area contributed by atoms with Crippen molar-refractivity contribution in [2.75, 3.05) is 16.7 Å². The van der Waals surface area contributed by atoms with Gasteiger partial charge in [-0.05, 0) is 50.1 Å². The van der Waals surface area contributed by atoms with E-state index in [0.29, 0.717) is 35.2 Å². The van der Waals surface area contributed by atoms with E-state index in [-0.39, 0.29) is 45.6 Å². The monoisotopic (exact) mass is 622 g/mol. The Morgan fingerprint density at radius 3 is 2.56 bits per heavy atom. The molecule has 5 aromatic rings. The van der Waals surface area contributed by atoms with E-state index in [2.05, 4.69) is 30.8 Å². The van der Waals surface area contributed by atoms with Gasteiger partial charge in [0.2, 0.25) is 0 Å². The number of pyridine rings is 1. The molecule has 2 aliphatic rings. The topological polar surface area (TPSA) is 160 Å². The van der Waals surface area contributed by atoms with Gasteiger partial charge >= 0.3 is 10.2 Å². The SMILES string of the molecule is C#Cc1ccc2c3c(c([C@H](C)NC(=O)c4c(NS(=O)(=O)NC5CC5)nn5cccnc45)n(-c4ccccc4)c(=O)c13)C(=O)N2C. The third-order valence-electron chi connectivity index (χ3n) is 7.91. The molecule has 0 spiro atoms. The summed E-state index contributed by atoms with van der Waals surface area (Å²) >= 11 is 0.